The van der Waals surface area contributed by atoms with E-state index in [1.807, 2.05) is 13.8 Å². The molecule has 1 heterocycles. The molecule has 0 aromatic carbocycles. The quantitative estimate of drug-likeness (QED) is 0.770. The third-order valence-corrected chi connectivity index (χ3v) is 4.30. The Morgan fingerprint density at radius 1 is 1.37 bits per heavy atom. The van der Waals surface area contributed by atoms with Gasteiger partial charge in [0.1, 0.15) is 0 Å². The number of piperidine rings is 1. The zero-order valence-electron chi connectivity index (χ0n) is 13.1. The number of nitrogens with two attached hydrogens (primary N) is 1. The van der Waals surface area contributed by atoms with E-state index in [0.29, 0.717) is 6.04 Å². The number of nitrogens with zero attached hydrogens (tertiary/aromatic N) is 1. The molecule has 1 amide bonds. The summed E-state index contributed by atoms with van der Waals surface area (Å²) in [7, 11) is 0. The van der Waals surface area contributed by atoms with Crippen molar-refractivity contribution in [1.82, 2.24) is 10.2 Å². The lowest BCUT2D eigenvalue weighted by atomic mass is 9.86. The maximum absolute atomic E-state index is 11.5. The third-order valence-electron chi connectivity index (χ3n) is 4.30. The van der Waals surface area contributed by atoms with Crippen molar-refractivity contribution in [3.05, 3.63) is 0 Å². The van der Waals surface area contributed by atoms with Crippen LogP contribution in [0.1, 0.15) is 47.5 Å². The normalized spacial score (nSPS) is 30.5. The summed E-state index contributed by atoms with van der Waals surface area (Å²) in [5.41, 5.74) is 5.47. The van der Waals surface area contributed by atoms with E-state index in [4.69, 9.17) is 5.73 Å². The van der Waals surface area contributed by atoms with Crippen LogP contribution in [0.2, 0.25) is 0 Å². The molecule has 0 aromatic rings. The van der Waals surface area contributed by atoms with Crippen molar-refractivity contribution in [3.63, 3.8) is 0 Å². The number of hydrogen-bond acceptors (Lipinski definition) is 3. The van der Waals surface area contributed by atoms with Gasteiger partial charge in [-0.2, -0.15) is 0 Å². The van der Waals surface area contributed by atoms with E-state index in [9.17, 15) is 4.79 Å². The minimum Gasteiger partial charge on any atom is -0.368 e. The number of carbonyl (C=O) groups excluding carboxylic acids is 1. The predicted molar refractivity (Wildman–Crippen MR) is 79.9 cm³/mol. The van der Waals surface area contributed by atoms with Crippen molar-refractivity contribution >= 4 is 5.91 Å². The maximum atomic E-state index is 11.5. The van der Waals surface area contributed by atoms with Crippen LogP contribution in [0.15, 0.2) is 0 Å². The van der Waals surface area contributed by atoms with Crippen molar-refractivity contribution in [2.24, 2.45) is 17.6 Å². The number of amides is 1. The van der Waals surface area contributed by atoms with Crippen LogP contribution in [-0.2, 0) is 4.79 Å². The highest BCUT2D eigenvalue weighted by Crippen LogP contribution is 2.26. The fourth-order valence-corrected chi connectivity index (χ4v) is 3.13. The molecule has 4 nitrogen and oxygen atoms in total. The molecular weight excluding hydrogens is 238 g/mol. The molecule has 4 heteroatoms. The predicted octanol–water partition coefficient (Wildman–Crippen LogP) is 1.59. The number of rotatable bonds is 6. The SMILES string of the molecule is CC1CC(C)C(C)N(CCC(NC(C)C)C(N)=O)C1. The lowest BCUT2D eigenvalue weighted by Crippen LogP contribution is -2.50. The summed E-state index contributed by atoms with van der Waals surface area (Å²) in [6, 6.07) is 0.678. The Morgan fingerprint density at radius 2 is 2.00 bits per heavy atom. The standard InChI is InChI=1S/C15H31N3O/c1-10(2)17-14(15(16)19)6-7-18-9-11(3)8-12(4)13(18)5/h10-14,17H,6-9H2,1-5H3,(H2,16,19). The molecule has 1 rings (SSSR count). The van der Waals surface area contributed by atoms with Gasteiger partial charge >= 0.3 is 0 Å². The molecule has 4 atom stereocenters. The van der Waals surface area contributed by atoms with Crippen LogP contribution < -0.4 is 11.1 Å². The van der Waals surface area contributed by atoms with Crippen LogP contribution in [0.3, 0.4) is 0 Å². The van der Waals surface area contributed by atoms with Gasteiger partial charge in [-0.1, -0.05) is 27.7 Å². The average molecular weight is 269 g/mol. The summed E-state index contributed by atoms with van der Waals surface area (Å²) in [6.45, 7) is 13.1. The van der Waals surface area contributed by atoms with Gasteiger partial charge in [0.15, 0.2) is 0 Å². The molecule has 0 bridgehead atoms. The first-order valence-corrected chi connectivity index (χ1v) is 7.60. The molecule has 3 N–H and O–H groups in total. The summed E-state index contributed by atoms with van der Waals surface area (Å²) in [5.74, 6) is 1.24. The molecule has 1 aliphatic heterocycles. The van der Waals surface area contributed by atoms with E-state index < -0.39 is 0 Å². The number of nitrogens with one attached hydrogen (secondary N) is 1. The van der Waals surface area contributed by atoms with Crippen molar-refractivity contribution in [1.29, 1.82) is 0 Å². The Bertz CT molecular complexity index is 293. The summed E-state index contributed by atoms with van der Waals surface area (Å²) in [4.78, 5) is 14.0. The minimum atomic E-state index is -0.237. The molecule has 0 aliphatic carbocycles. The largest absolute Gasteiger partial charge is 0.368 e. The fraction of sp³-hybridized carbons (Fsp3) is 0.933. The molecule has 1 fully saturated rings. The van der Waals surface area contributed by atoms with E-state index >= 15 is 0 Å². The lowest BCUT2D eigenvalue weighted by molar-refractivity contribution is -0.120. The average Bonchev–Trinajstić information content (AvgIpc) is 2.29. The number of primary amides is 1. The smallest absolute Gasteiger partial charge is 0.234 e. The van der Waals surface area contributed by atoms with E-state index in [-0.39, 0.29) is 18.0 Å². The van der Waals surface area contributed by atoms with Crippen LogP contribution in [-0.4, -0.2) is 42.0 Å². The van der Waals surface area contributed by atoms with Gasteiger partial charge in [0, 0.05) is 25.2 Å². The second kappa shape index (κ2) is 7.25. The molecule has 112 valence electrons. The monoisotopic (exact) mass is 269 g/mol. The number of carbonyl (C=O) groups is 1. The van der Waals surface area contributed by atoms with Crippen molar-refractivity contribution in [2.45, 2.75) is 65.6 Å². The Balaban J connectivity index is 2.50. The first kappa shape index (κ1) is 16.4. The van der Waals surface area contributed by atoms with E-state index in [1.54, 1.807) is 0 Å². The Morgan fingerprint density at radius 3 is 2.53 bits per heavy atom. The highest BCUT2D eigenvalue weighted by molar-refractivity contribution is 5.79. The highest BCUT2D eigenvalue weighted by Gasteiger charge is 2.29. The first-order chi connectivity index (χ1) is 8.81. The second-order valence-electron chi connectivity index (χ2n) is 6.62. The van der Waals surface area contributed by atoms with Crippen molar-refractivity contribution in [3.8, 4) is 0 Å². The summed E-state index contributed by atoms with van der Waals surface area (Å²) >= 11 is 0. The molecule has 1 aliphatic rings. The topological polar surface area (TPSA) is 58.4 Å². The molecule has 1 saturated heterocycles. The number of likely N-dealkylation sites (tertiary alicyclic amines) is 1. The number of hydrogen-bond donors (Lipinski definition) is 2. The second-order valence-corrected chi connectivity index (χ2v) is 6.62. The molecule has 0 saturated carbocycles. The molecule has 0 radical (unpaired) electrons. The van der Waals surface area contributed by atoms with E-state index in [2.05, 4.69) is 31.0 Å². The summed E-state index contributed by atoms with van der Waals surface area (Å²) in [6.07, 6.45) is 2.11. The minimum absolute atomic E-state index is 0.209. The van der Waals surface area contributed by atoms with Crippen LogP contribution >= 0.6 is 0 Å². The van der Waals surface area contributed by atoms with Crippen LogP contribution in [0.25, 0.3) is 0 Å². The zero-order chi connectivity index (χ0) is 14.6. The Hall–Kier alpha value is -0.610. The van der Waals surface area contributed by atoms with Crippen molar-refractivity contribution < 1.29 is 4.79 Å². The molecule has 4 unspecified atom stereocenters. The van der Waals surface area contributed by atoms with Gasteiger partial charge in [0.2, 0.25) is 5.91 Å². The third kappa shape index (κ3) is 5.11. The van der Waals surface area contributed by atoms with Gasteiger partial charge in [-0.15, -0.1) is 0 Å². The lowest BCUT2D eigenvalue weighted by Gasteiger charge is -2.41. The van der Waals surface area contributed by atoms with Gasteiger partial charge in [-0.05, 0) is 31.6 Å². The van der Waals surface area contributed by atoms with Gasteiger partial charge in [-0.25, -0.2) is 0 Å². The Kier molecular flexibility index (Phi) is 6.27. The van der Waals surface area contributed by atoms with E-state index in [0.717, 1.165) is 31.3 Å². The molecule has 0 aromatic heterocycles. The molecule has 0 spiro atoms. The zero-order valence-corrected chi connectivity index (χ0v) is 13.1. The summed E-state index contributed by atoms with van der Waals surface area (Å²) in [5, 5.41) is 3.25. The maximum Gasteiger partial charge on any atom is 0.234 e. The van der Waals surface area contributed by atoms with E-state index in [1.165, 1.54) is 6.42 Å². The van der Waals surface area contributed by atoms with Crippen LogP contribution in [0.4, 0.5) is 0 Å². The summed E-state index contributed by atoms with van der Waals surface area (Å²) < 4.78 is 0. The fourth-order valence-electron chi connectivity index (χ4n) is 3.13. The van der Waals surface area contributed by atoms with Gasteiger partial charge < -0.3 is 16.0 Å². The molecule has 19 heavy (non-hydrogen) atoms. The first-order valence-electron chi connectivity index (χ1n) is 7.60. The van der Waals surface area contributed by atoms with Gasteiger partial charge in [0.05, 0.1) is 6.04 Å². The van der Waals surface area contributed by atoms with Gasteiger partial charge in [-0.3, -0.25) is 4.79 Å². The van der Waals surface area contributed by atoms with Crippen LogP contribution in [0.5, 0.6) is 0 Å². The highest BCUT2D eigenvalue weighted by atomic mass is 16.1. The van der Waals surface area contributed by atoms with Crippen LogP contribution in [0, 0.1) is 11.8 Å². The molecular formula is C15H31N3O. The van der Waals surface area contributed by atoms with Crippen molar-refractivity contribution in [2.75, 3.05) is 13.1 Å². The van der Waals surface area contributed by atoms with Gasteiger partial charge in [0.25, 0.3) is 0 Å². The Labute approximate surface area is 118 Å².